The Morgan fingerprint density at radius 3 is 2.86 bits per heavy atom. The van der Waals surface area contributed by atoms with Crippen molar-refractivity contribution in [2.45, 2.75) is 44.6 Å². The van der Waals surface area contributed by atoms with Crippen molar-refractivity contribution in [3.63, 3.8) is 0 Å². The summed E-state index contributed by atoms with van der Waals surface area (Å²) in [7, 11) is 1.80. The number of rotatable bonds is 4. The zero-order valence-corrected chi connectivity index (χ0v) is 16.4. The SMILES string of the molecule is CCOC(=O)c1nc2c(n1C)CN([C@H]1CO[C@@H](c3cc(F)ccc3F)[C@@H](N)C1)C2. The first-order valence-electron chi connectivity index (χ1n) is 9.66. The number of aromatic nitrogens is 2. The number of carbonyl (C=O) groups is 1. The van der Waals surface area contributed by atoms with Crippen molar-refractivity contribution in [2.75, 3.05) is 13.2 Å². The molecule has 0 aliphatic carbocycles. The maximum Gasteiger partial charge on any atom is 0.374 e. The first-order valence-corrected chi connectivity index (χ1v) is 9.66. The largest absolute Gasteiger partial charge is 0.460 e. The highest BCUT2D eigenvalue weighted by Crippen LogP contribution is 2.34. The van der Waals surface area contributed by atoms with E-state index in [0.29, 0.717) is 38.5 Å². The molecule has 0 saturated carbocycles. The number of carbonyl (C=O) groups excluding carboxylic acids is 1. The monoisotopic (exact) mass is 406 g/mol. The van der Waals surface area contributed by atoms with Gasteiger partial charge in [0.2, 0.25) is 5.82 Å². The lowest BCUT2D eigenvalue weighted by Crippen LogP contribution is -2.48. The Bertz CT molecular complexity index is 933. The smallest absolute Gasteiger partial charge is 0.374 e. The molecule has 0 radical (unpaired) electrons. The molecule has 1 saturated heterocycles. The van der Waals surface area contributed by atoms with Crippen molar-refractivity contribution < 1.29 is 23.0 Å². The number of esters is 1. The Kier molecular flexibility index (Phi) is 5.37. The van der Waals surface area contributed by atoms with E-state index in [2.05, 4.69) is 9.88 Å². The van der Waals surface area contributed by atoms with Crippen LogP contribution >= 0.6 is 0 Å². The fourth-order valence-electron chi connectivity index (χ4n) is 4.14. The van der Waals surface area contributed by atoms with Gasteiger partial charge in [-0.2, -0.15) is 0 Å². The van der Waals surface area contributed by atoms with Crippen LogP contribution in [0.4, 0.5) is 8.78 Å². The Hall–Kier alpha value is -2.36. The first kappa shape index (κ1) is 19.9. The second kappa shape index (κ2) is 7.81. The summed E-state index contributed by atoms with van der Waals surface area (Å²) in [6.07, 6.45) is -0.0974. The van der Waals surface area contributed by atoms with Crippen LogP contribution in [0.15, 0.2) is 18.2 Å². The summed E-state index contributed by atoms with van der Waals surface area (Å²) >= 11 is 0. The normalized spacial score (nSPS) is 24.5. The highest BCUT2D eigenvalue weighted by molar-refractivity contribution is 5.85. The van der Waals surface area contributed by atoms with Crippen molar-refractivity contribution in [3.05, 3.63) is 52.6 Å². The van der Waals surface area contributed by atoms with E-state index in [1.54, 1.807) is 18.5 Å². The summed E-state index contributed by atoms with van der Waals surface area (Å²) in [4.78, 5) is 18.6. The third-order valence-corrected chi connectivity index (χ3v) is 5.64. The quantitative estimate of drug-likeness (QED) is 0.783. The van der Waals surface area contributed by atoms with Gasteiger partial charge in [-0.15, -0.1) is 0 Å². The maximum atomic E-state index is 14.1. The number of halogens is 2. The van der Waals surface area contributed by atoms with Crippen molar-refractivity contribution >= 4 is 5.97 Å². The molecular weight excluding hydrogens is 382 g/mol. The van der Waals surface area contributed by atoms with Gasteiger partial charge in [0, 0.05) is 37.8 Å². The van der Waals surface area contributed by atoms with Crippen LogP contribution in [0.3, 0.4) is 0 Å². The minimum absolute atomic E-state index is 0.0260. The Balaban J connectivity index is 1.44. The van der Waals surface area contributed by atoms with Crippen LogP contribution in [0.2, 0.25) is 0 Å². The van der Waals surface area contributed by atoms with Crippen LogP contribution in [0.5, 0.6) is 0 Å². The van der Waals surface area contributed by atoms with Crippen LogP contribution in [-0.4, -0.2) is 45.7 Å². The van der Waals surface area contributed by atoms with E-state index in [1.807, 2.05) is 0 Å². The van der Waals surface area contributed by atoms with E-state index >= 15 is 0 Å². The molecule has 29 heavy (non-hydrogen) atoms. The van der Waals surface area contributed by atoms with Crippen LogP contribution in [0, 0.1) is 11.6 Å². The molecule has 1 aromatic carbocycles. The minimum Gasteiger partial charge on any atom is -0.460 e. The molecule has 0 spiro atoms. The van der Waals surface area contributed by atoms with Gasteiger partial charge in [-0.1, -0.05) is 0 Å². The maximum absolute atomic E-state index is 14.1. The summed E-state index contributed by atoms with van der Waals surface area (Å²) in [5.41, 5.74) is 8.22. The standard InChI is InChI=1S/C20H24F2N4O3/c1-3-28-20(27)19-24-16-8-26(9-17(16)25(19)2)12-7-15(23)18(29-10-12)13-6-11(21)4-5-14(13)22/h4-6,12,15,18H,3,7-10,23H2,1-2H3/t12-,15+,18+/m1/s1. The van der Waals surface area contributed by atoms with E-state index in [9.17, 15) is 13.6 Å². The zero-order chi connectivity index (χ0) is 20.7. The lowest BCUT2D eigenvalue weighted by atomic mass is 9.93. The molecule has 3 atom stereocenters. The van der Waals surface area contributed by atoms with E-state index in [4.69, 9.17) is 15.2 Å². The van der Waals surface area contributed by atoms with Crippen molar-refractivity contribution in [1.82, 2.24) is 14.5 Å². The lowest BCUT2D eigenvalue weighted by Gasteiger charge is -2.38. The molecule has 2 aliphatic heterocycles. The highest BCUT2D eigenvalue weighted by Gasteiger charge is 2.38. The zero-order valence-electron chi connectivity index (χ0n) is 16.4. The van der Waals surface area contributed by atoms with E-state index in [0.717, 1.165) is 29.6 Å². The van der Waals surface area contributed by atoms with Crippen LogP contribution in [-0.2, 0) is 29.6 Å². The number of hydrogen-bond acceptors (Lipinski definition) is 6. The third-order valence-electron chi connectivity index (χ3n) is 5.64. The molecular formula is C20H24F2N4O3. The van der Waals surface area contributed by atoms with Crippen molar-refractivity contribution in [2.24, 2.45) is 12.8 Å². The van der Waals surface area contributed by atoms with Gasteiger partial charge >= 0.3 is 5.97 Å². The van der Waals surface area contributed by atoms with Crippen LogP contribution in [0.1, 0.15) is 47.0 Å². The Morgan fingerprint density at radius 2 is 2.17 bits per heavy atom. The van der Waals surface area contributed by atoms with Gasteiger partial charge in [0.05, 0.1) is 24.6 Å². The van der Waals surface area contributed by atoms with Gasteiger partial charge in [0.25, 0.3) is 0 Å². The van der Waals surface area contributed by atoms with Crippen LogP contribution in [0.25, 0.3) is 0 Å². The van der Waals surface area contributed by atoms with Crippen molar-refractivity contribution in [3.8, 4) is 0 Å². The molecule has 4 rings (SSSR count). The van der Waals surface area contributed by atoms with E-state index < -0.39 is 29.7 Å². The van der Waals surface area contributed by atoms with Crippen LogP contribution < -0.4 is 5.73 Å². The molecule has 2 N–H and O–H groups in total. The van der Waals surface area contributed by atoms with Gasteiger partial charge < -0.3 is 19.8 Å². The second-order valence-corrected chi connectivity index (χ2v) is 7.49. The van der Waals surface area contributed by atoms with E-state index in [1.165, 1.54) is 0 Å². The molecule has 2 aromatic rings. The average molecular weight is 406 g/mol. The Morgan fingerprint density at radius 1 is 1.38 bits per heavy atom. The molecule has 1 aromatic heterocycles. The summed E-state index contributed by atoms with van der Waals surface area (Å²) in [5.74, 6) is -1.17. The topological polar surface area (TPSA) is 82.6 Å². The summed E-state index contributed by atoms with van der Waals surface area (Å²) < 4.78 is 40.3. The molecule has 3 heterocycles. The molecule has 0 unspecified atom stereocenters. The Labute approximate surface area is 167 Å². The number of benzene rings is 1. The molecule has 7 nitrogen and oxygen atoms in total. The molecule has 2 aliphatic rings. The van der Waals surface area contributed by atoms with Crippen molar-refractivity contribution in [1.29, 1.82) is 0 Å². The number of ether oxygens (including phenoxy) is 2. The number of imidazole rings is 1. The second-order valence-electron chi connectivity index (χ2n) is 7.49. The number of nitrogens with zero attached hydrogens (tertiary/aromatic N) is 3. The predicted octanol–water partition coefficient (Wildman–Crippen LogP) is 2.05. The molecule has 9 heteroatoms. The molecule has 0 bridgehead atoms. The minimum atomic E-state index is -0.680. The van der Waals surface area contributed by atoms with Gasteiger partial charge in [0.15, 0.2) is 0 Å². The molecule has 156 valence electrons. The first-order chi connectivity index (χ1) is 13.9. The van der Waals surface area contributed by atoms with Gasteiger partial charge in [-0.25, -0.2) is 18.6 Å². The lowest BCUT2D eigenvalue weighted by molar-refractivity contribution is -0.0535. The number of hydrogen-bond donors (Lipinski definition) is 1. The average Bonchev–Trinajstić information content (AvgIpc) is 3.24. The fourth-order valence-corrected chi connectivity index (χ4v) is 4.14. The summed E-state index contributed by atoms with van der Waals surface area (Å²) in [6, 6.07) is 2.88. The molecule has 0 amide bonds. The number of nitrogens with two attached hydrogens (primary N) is 1. The predicted molar refractivity (Wildman–Crippen MR) is 99.8 cm³/mol. The molecule has 1 fully saturated rings. The summed E-state index contributed by atoms with van der Waals surface area (Å²) in [5, 5.41) is 0. The fraction of sp³-hybridized carbons (Fsp3) is 0.500. The van der Waals surface area contributed by atoms with Gasteiger partial charge in [0.1, 0.15) is 17.7 Å². The van der Waals surface area contributed by atoms with E-state index in [-0.39, 0.29) is 11.6 Å². The van der Waals surface area contributed by atoms with Gasteiger partial charge in [-0.05, 0) is 31.5 Å². The third kappa shape index (κ3) is 3.65. The van der Waals surface area contributed by atoms with Gasteiger partial charge in [-0.3, -0.25) is 4.90 Å². The highest BCUT2D eigenvalue weighted by atomic mass is 19.1. The number of fused-ring (bicyclic) bond motifs is 1. The summed E-state index contributed by atoms with van der Waals surface area (Å²) in [6.45, 7) is 3.59.